The van der Waals surface area contributed by atoms with Crippen LogP contribution in [0.4, 0.5) is 13.2 Å². The summed E-state index contributed by atoms with van der Waals surface area (Å²) in [7, 11) is 0. The van der Waals surface area contributed by atoms with Gasteiger partial charge in [0, 0.05) is 6.54 Å². The third kappa shape index (κ3) is 6.41. The lowest BCUT2D eigenvalue weighted by Gasteiger charge is -2.31. The highest BCUT2D eigenvalue weighted by atomic mass is 19.4. The molecule has 34 heavy (non-hydrogen) atoms. The summed E-state index contributed by atoms with van der Waals surface area (Å²) in [6.45, 7) is 3.37. The number of aliphatic hydroxyl groups is 2. The summed E-state index contributed by atoms with van der Waals surface area (Å²) >= 11 is 0. The molecule has 6 nitrogen and oxygen atoms in total. The first kappa shape index (κ1) is 24.8. The Bertz CT molecular complexity index is 933. The van der Waals surface area contributed by atoms with Crippen molar-refractivity contribution in [2.75, 3.05) is 32.8 Å². The average Bonchev–Trinajstić information content (AvgIpc) is 3.34. The zero-order valence-corrected chi connectivity index (χ0v) is 18.9. The molecule has 0 radical (unpaired) electrons. The van der Waals surface area contributed by atoms with Crippen LogP contribution in [0, 0.1) is 0 Å². The van der Waals surface area contributed by atoms with Gasteiger partial charge in [0.05, 0.1) is 17.7 Å². The summed E-state index contributed by atoms with van der Waals surface area (Å²) in [6.07, 6.45) is -3.28. The van der Waals surface area contributed by atoms with Crippen LogP contribution in [0.3, 0.4) is 0 Å². The van der Waals surface area contributed by atoms with E-state index >= 15 is 0 Å². The maximum atomic E-state index is 12.8. The maximum absolute atomic E-state index is 12.8. The molecule has 0 amide bonds. The Kier molecular flexibility index (Phi) is 7.98. The summed E-state index contributed by atoms with van der Waals surface area (Å²) in [4.78, 5) is 2.25. The predicted octanol–water partition coefficient (Wildman–Crippen LogP) is 3.52. The van der Waals surface area contributed by atoms with Crippen molar-refractivity contribution in [3.05, 3.63) is 59.2 Å². The van der Waals surface area contributed by atoms with Gasteiger partial charge in [-0.05, 0) is 74.2 Å². The van der Waals surface area contributed by atoms with Gasteiger partial charge in [-0.25, -0.2) is 0 Å². The average molecular weight is 481 g/mol. The summed E-state index contributed by atoms with van der Waals surface area (Å²) < 4.78 is 49.5. The highest BCUT2D eigenvalue weighted by molar-refractivity contribution is 5.44. The number of hydrogen-bond acceptors (Lipinski definition) is 6. The molecule has 186 valence electrons. The van der Waals surface area contributed by atoms with E-state index in [9.17, 15) is 23.4 Å². The second-order valence-electron chi connectivity index (χ2n) is 8.88. The van der Waals surface area contributed by atoms with Crippen molar-refractivity contribution < 1.29 is 32.9 Å². The maximum Gasteiger partial charge on any atom is 0.416 e. The van der Waals surface area contributed by atoms with E-state index in [2.05, 4.69) is 10.2 Å². The highest BCUT2D eigenvalue weighted by Crippen LogP contribution is 2.34. The first-order valence-electron chi connectivity index (χ1n) is 11.7. The van der Waals surface area contributed by atoms with E-state index in [-0.39, 0.29) is 0 Å². The van der Waals surface area contributed by atoms with Crippen molar-refractivity contribution in [1.29, 1.82) is 0 Å². The van der Waals surface area contributed by atoms with Crippen LogP contribution < -0.4 is 14.8 Å². The minimum absolute atomic E-state index is 0.301. The van der Waals surface area contributed by atoms with Crippen LogP contribution in [0.25, 0.3) is 0 Å². The van der Waals surface area contributed by atoms with Crippen LogP contribution in [-0.4, -0.2) is 60.2 Å². The Hall–Kier alpha value is -2.33. The number of likely N-dealkylation sites (tertiary alicyclic amines) is 1. The number of hydrogen-bond donors (Lipinski definition) is 3. The molecule has 4 rings (SSSR count). The molecule has 3 N–H and O–H groups in total. The minimum atomic E-state index is -4.37. The second kappa shape index (κ2) is 10.9. The number of halogens is 3. The van der Waals surface area contributed by atoms with Crippen molar-refractivity contribution in [3.8, 4) is 11.5 Å². The quantitative estimate of drug-likeness (QED) is 0.477. The van der Waals surface area contributed by atoms with E-state index in [1.165, 1.54) is 12.1 Å². The molecule has 0 aromatic heterocycles. The van der Waals surface area contributed by atoms with Crippen LogP contribution in [0.1, 0.15) is 42.1 Å². The van der Waals surface area contributed by atoms with Gasteiger partial charge in [0.1, 0.15) is 19.4 Å². The van der Waals surface area contributed by atoms with Crippen molar-refractivity contribution in [2.45, 2.75) is 50.2 Å². The van der Waals surface area contributed by atoms with Crippen molar-refractivity contribution >= 4 is 0 Å². The Morgan fingerprint density at radius 2 is 1.62 bits per heavy atom. The molecular weight excluding hydrogens is 449 g/mol. The van der Waals surface area contributed by atoms with E-state index in [4.69, 9.17) is 9.47 Å². The van der Waals surface area contributed by atoms with Crippen molar-refractivity contribution in [3.63, 3.8) is 0 Å². The van der Waals surface area contributed by atoms with Crippen LogP contribution in [-0.2, 0) is 12.6 Å². The van der Waals surface area contributed by atoms with Gasteiger partial charge in [0.15, 0.2) is 11.5 Å². The van der Waals surface area contributed by atoms with Gasteiger partial charge in [-0.3, -0.25) is 5.32 Å². The molecule has 0 spiro atoms. The fraction of sp³-hybridized carbons (Fsp3) is 0.520. The smallest absolute Gasteiger partial charge is 0.416 e. The van der Waals surface area contributed by atoms with Crippen molar-refractivity contribution in [1.82, 2.24) is 10.2 Å². The van der Waals surface area contributed by atoms with Crippen LogP contribution in [0.5, 0.6) is 11.5 Å². The van der Waals surface area contributed by atoms with Gasteiger partial charge in [0.25, 0.3) is 0 Å². The normalized spacial score (nSPS) is 19.1. The summed E-state index contributed by atoms with van der Waals surface area (Å²) in [5.41, 5.74) is 0.677. The summed E-state index contributed by atoms with van der Waals surface area (Å²) in [6, 6.07) is 9.87. The van der Waals surface area contributed by atoms with Crippen LogP contribution in [0.2, 0.25) is 0 Å². The molecular formula is C25H31F3N2O4. The lowest BCUT2D eigenvalue weighted by Crippen LogP contribution is -2.48. The molecule has 2 aliphatic heterocycles. The lowest BCUT2D eigenvalue weighted by atomic mass is 10.00. The zero-order chi connectivity index (χ0) is 24.1. The highest BCUT2D eigenvalue weighted by Gasteiger charge is 2.30. The van der Waals surface area contributed by atoms with E-state index in [1.807, 2.05) is 0 Å². The second-order valence-corrected chi connectivity index (χ2v) is 8.88. The van der Waals surface area contributed by atoms with Gasteiger partial charge < -0.3 is 24.6 Å². The summed E-state index contributed by atoms with van der Waals surface area (Å²) in [5.74, 6) is 1.23. The van der Waals surface area contributed by atoms with E-state index < -0.39 is 30.1 Å². The van der Waals surface area contributed by atoms with Crippen molar-refractivity contribution in [2.24, 2.45) is 0 Å². The Balaban J connectivity index is 1.40. The standard InChI is InChI=1S/C25H31F3N2O4/c26-25(27,28)19-7-3-17(4-8-19)5-10-23(31)29-20(16-30-11-1-2-12-30)24(32)18-6-9-21-22(15-18)34-14-13-33-21/h3-4,6-9,15,20,23-24,29,31-32H,1-2,5,10-14,16H2. The largest absolute Gasteiger partial charge is 0.486 e. The molecule has 0 aliphatic carbocycles. The summed E-state index contributed by atoms with van der Waals surface area (Å²) in [5, 5.41) is 25.0. The molecule has 1 saturated heterocycles. The number of nitrogens with zero attached hydrogens (tertiary/aromatic N) is 1. The topological polar surface area (TPSA) is 74.2 Å². The molecule has 3 atom stereocenters. The molecule has 9 heteroatoms. The van der Waals surface area contributed by atoms with E-state index in [0.29, 0.717) is 55.2 Å². The number of aryl methyl sites for hydroxylation is 1. The molecule has 2 aliphatic rings. The van der Waals surface area contributed by atoms with Gasteiger partial charge in [-0.1, -0.05) is 18.2 Å². The zero-order valence-electron chi connectivity index (χ0n) is 18.9. The molecule has 2 aromatic carbocycles. The van der Waals surface area contributed by atoms with Gasteiger partial charge in [0.2, 0.25) is 0 Å². The third-order valence-electron chi connectivity index (χ3n) is 6.34. The Morgan fingerprint density at radius 1 is 0.941 bits per heavy atom. The lowest BCUT2D eigenvalue weighted by molar-refractivity contribution is -0.137. The SMILES string of the molecule is OC(CCc1ccc(C(F)(F)F)cc1)NC(CN1CCCC1)C(O)c1ccc2c(c1)OCCO2. The number of nitrogens with one attached hydrogen (secondary N) is 1. The Morgan fingerprint density at radius 3 is 2.29 bits per heavy atom. The molecule has 3 unspecified atom stereocenters. The minimum Gasteiger partial charge on any atom is -0.486 e. The number of benzene rings is 2. The van der Waals surface area contributed by atoms with Crippen LogP contribution in [0.15, 0.2) is 42.5 Å². The number of alkyl halides is 3. The molecule has 0 bridgehead atoms. The van der Waals surface area contributed by atoms with E-state index in [1.54, 1.807) is 18.2 Å². The third-order valence-corrected chi connectivity index (χ3v) is 6.34. The first-order valence-corrected chi connectivity index (χ1v) is 11.7. The number of ether oxygens (including phenoxy) is 2. The first-order chi connectivity index (χ1) is 16.3. The fourth-order valence-electron chi connectivity index (χ4n) is 4.46. The predicted molar refractivity (Wildman–Crippen MR) is 121 cm³/mol. The fourth-order valence-corrected chi connectivity index (χ4v) is 4.46. The molecule has 2 aromatic rings. The van der Waals surface area contributed by atoms with Crippen LogP contribution >= 0.6 is 0 Å². The van der Waals surface area contributed by atoms with Gasteiger partial charge >= 0.3 is 6.18 Å². The van der Waals surface area contributed by atoms with Gasteiger partial charge in [-0.2, -0.15) is 13.2 Å². The number of aliphatic hydroxyl groups excluding tert-OH is 2. The monoisotopic (exact) mass is 480 g/mol. The number of rotatable bonds is 9. The van der Waals surface area contributed by atoms with Gasteiger partial charge in [-0.15, -0.1) is 0 Å². The molecule has 2 heterocycles. The number of fused-ring (bicyclic) bond motifs is 1. The molecule has 1 fully saturated rings. The molecule has 0 saturated carbocycles. The Labute approximate surface area is 197 Å². The van der Waals surface area contributed by atoms with E-state index in [0.717, 1.165) is 38.1 Å².